The molecule has 0 fully saturated rings. The second-order valence-electron chi connectivity index (χ2n) is 17.4. The summed E-state index contributed by atoms with van der Waals surface area (Å²) in [7, 11) is 0. The van der Waals surface area contributed by atoms with Gasteiger partial charge in [0.05, 0.1) is 45.6 Å². The van der Waals surface area contributed by atoms with Gasteiger partial charge in [0.1, 0.15) is 28.4 Å². The summed E-state index contributed by atoms with van der Waals surface area (Å²) >= 11 is 0. The minimum Gasteiger partial charge on any atom is -0.456 e. The first-order chi connectivity index (χ1) is 33.6. The Morgan fingerprint density at radius 3 is 1.29 bits per heavy atom. The molecule has 0 saturated carbocycles. The average molecular weight is 867 g/mol. The van der Waals surface area contributed by atoms with Gasteiger partial charge >= 0.3 is 0 Å². The Balaban J connectivity index is 1.17. The van der Waals surface area contributed by atoms with Crippen molar-refractivity contribution >= 4 is 93.2 Å². The zero-order chi connectivity index (χ0) is 45.0. The van der Waals surface area contributed by atoms with Crippen molar-refractivity contribution in [2.45, 2.75) is 0 Å². The lowest BCUT2D eigenvalue weighted by atomic mass is 9.95. The normalized spacial score (nSPS) is 11.8. The summed E-state index contributed by atoms with van der Waals surface area (Å²) in [4.78, 5) is 4.28. The third kappa shape index (κ3) is 5.43. The fraction of sp³-hybridized carbons (Fsp3) is 0. The van der Waals surface area contributed by atoms with Gasteiger partial charge in [0.2, 0.25) is 5.69 Å². The van der Waals surface area contributed by atoms with E-state index in [1.165, 1.54) is 0 Å². The van der Waals surface area contributed by atoms with E-state index in [4.69, 9.17) is 15.4 Å². The first-order valence-corrected chi connectivity index (χ1v) is 22.6. The van der Waals surface area contributed by atoms with Crippen molar-refractivity contribution in [2.24, 2.45) is 0 Å². The zero-order valence-corrected chi connectivity index (χ0v) is 36.2. The van der Waals surface area contributed by atoms with Gasteiger partial charge in [-0.05, 0) is 82.4 Å². The highest BCUT2D eigenvalue weighted by atomic mass is 16.3. The fourth-order valence-electron chi connectivity index (χ4n) is 10.7. The third-order valence-electron chi connectivity index (χ3n) is 13.7. The lowest BCUT2D eigenvalue weighted by Crippen LogP contribution is -2.06. The Bertz CT molecular complexity index is 4230. The molecule has 14 rings (SSSR count). The lowest BCUT2D eigenvalue weighted by Gasteiger charge is -2.23. The van der Waals surface area contributed by atoms with Crippen LogP contribution in [0.2, 0.25) is 0 Å². The Kier molecular flexibility index (Phi) is 8.01. The number of benzene rings is 10. The molecule has 4 aromatic heterocycles. The van der Waals surface area contributed by atoms with Gasteiger partial charge in [-0.25, -0.2) is 4.85 Å². The number of nitrogens with zero attached hydrogens (tertiary/aromatic N) is 4. The van der Waals surface area contributed by atoms with E-state index in [9.17, 15) is 5.26 Å². The molecule has 0 amide bonds. The van der Waals surface area contributed by atoms with Crippen LogP contribution in [-0.2, 0) is 0 Å². The molecular formula is C62H34N4O2. The minimum atomic E-state index is 0.353. The van der Waals surface area contributed by atoms with E-state index in [0.29, 0.717) is 22.6 Å². The Labute approximate surface area is 388 Å². The molecule has 0 aliphatic carbocycles. The predicted molar refractivity (Wildman–Crippen MR) is 277 cm³/mol. The number of para-hydroxylation sites is 2. The van der Waals surface area contributed by atoms with Gasteiger partial charge in [-0.3, -0.25) is 0 Å². The second kappa shape index (κ2) is 14.4. The minimum absolute atomic E-state index is 0.353. The first-order valence-electron chi connectivity index (χ1n) is 22.6. The second-order valence-corrected chi connectivity index (χ2v) is 17.4. The molecule has 4 heterocycles. The van der Waals surface area contributed by atoms with E-state index in [1.54, 1.807) is 6.07 Å². The van der Waals surface area contributed by atoms with E-state index in [2.05, 4.69) is 154 Å². The van der Waals surface area contributed by atoms with Crippen molar-refractivity contribution < 1.29 is 8.83 Å². The summed E-state index contributed by atoms with van der Waals surface area (Å²) in [5.41, 5.74) is 14.8. The summed E-state index contributed by atoms with van der Waals surface area (Å²) in [5, 5.41) is 19.6. The average Bonchev–Trinajstić information content (AvgIpc) is 4.14. The summed E-state index contributed by atoms with van der Waals surface area (Å²) in [6.07, 6.45) is 0. The van der Waals surface area contributed by atoms with Crippen LogP contribution in [0.5, 0.6) is 0 Å². The Hall–Kier alpha value is -9.62. The number of hydrogen-bond acceptors (Lipinski definition) is 3. The number of fused-ring (bicyclic) bond motifs is 12. The van der Waals surface area contributed by atoms with E-state index in [0.717, 1.165) is 121 Å². The molecule has 6 heteroatoms. The van der Waals surface area contributed by atoms with Crippen molar-refractivity contribution in [1.29, 1.82) is 5.26 Å². The monoisotopic (exact) mass is 866 g/mol. The molecule has 0 radical (unpaired) electrons. The van der Waals surface area contributed by atoms with Gasteiger partial charge in [0, 0.05) is 60.8 Å². The fourth-order valence-corrected chi connectivity index (χ4v) is 10.7. The quantitative estimate of drug-likeness (QED) is 0.162. The summed E-state index contributed by atoms with van der Waals surface area (Å²) in [5.74, 6) is 0. The predicted octanol–water partition coefficient (Wildman–Crippen LogP) is 17.1. The van der Waals surface area contributed by atoms with Crippen molar-refractivity contribution in [3.8, 4) is 50.8 Å². The molecule has 68 heavy (non-hydrogen) atoms. The highest BCUT2D eigenvalue weighted by Gasteiger charge is 2.29. The topological polar surface area (TPSA) is 64.3 Å². The van der Waals surface area contributed by atoms with Crippen LogP contribution < -0.4 is 0 Å². The lowest BCUT2D eigenvalue weighted by molar-refractivity contribution is 0.669. The number of hydrogen-bond donors (Lipinski definition) is 0. The number of aromatic nitrogens is 2. The summed E-state index contributed by atoms with van der Waals surface area (Å²) in [6.45, 7) is 8.91. The van der Waals surface area contributed by atoms with Crippen LogP contribution in [0.3, 0.4) is 0 Å². The molecule has 0 saturated heterocycles. The van der Waals surface area contributed by atoms with Crippen LogP contribution >= 0.6 is 0 Å². The third-order valence-corrected chi connectivity index (χ3v) is 13.7. The molecule has 0 atom stereocenters. The first kappa shape index (κ1) is 37.7. The van der Waals surface area contributed by atoms with Gasteiger partial charge in [-0.1, -0.05) is 140 Å². The maximum absolute atomic E-state index is 11.4. The van der Waals surface area contributed by atoms with Crippen molar-refractivity contribution in [2.75, 3.05) is 0 Å². The van der Waals surface area contributed by atoms with Gasteiger partial charge in [-0.2, -0.15) is 5.26 Å². The van der Waals surface area contributed by atoms with Crippen molar-refractivity contribution in [3.63, 3.8) is 0 Å². The molecule has 14 aromatic rings. The summed E-state index contributed by atoms with van der Waals surface area (Å²) in [6, 6.07) is 73.6. The van der Waals surface area contributed by atoms with Crippen LogP contribution in [-0.4, -0.2) is 9.13 Å². The maximum atomic E-state index is 11.4. The van der Waals surface area contributed by atoms with Crippen LogP contribution in [0.25, 0.3) is 137 Å². The Morgan fingerprint density at radius 1 is 0.368 bits per heavy atom. The van der Waals surface area contributed by atoms with Gasteiger partial charge in [0.25, 0.3) is 0 Å². The van der Waals surface area contributed by atoms with E-state index >= 15 is 0 Å². The molecule has 0 bridgehead atoms. The van der Waals surface area contributed by atoms with Crippen molar-refractivity contribution in [3.05, 3.63) is 223 Å². The SMILES string of the molecule is [C-]#[N+]c1cc(C#N)c(-n2c3ccc(-c4ccccc4)cc3c3cc4c(cc32)oc2ccccc24)c(-c2ccccc2)c1-n1c2ccc(-c3ccccc3)cc2c2cc3c(cc21)oc1ccccc13. The highest BCUT2D eigenvalue weighted by Crippen LogP contribution is 2.49. The highest BCUT2D eigenvalue weighted by molar-refractivity contribution is 6.21. The zero-order valence-electron chi connectivity index (χ0n) is 36.2. The standard InChI is InChI=1S/C62H34N4O2/c1-64-51-31-42(36-63)61(65-52-27-25-40(37-15-5-2-6-16-37)29-45(52)47-32-49-43-21-11-13-23-56(43)67-58(49)34-54(47)65)60(39-19-9-4-10-20-39)62(51)66-53-28-26-41(38-17-7-3-8-18-38)30-46(53)48-33-50-44-22-12-14-24-57(44)68-59(50)35-55(48)66/h2-35H. The van der Waals surface area contributed by atoms with E-state index in [1.807, 2.05) is 66.7 Å². The molecule has 0 N–H and O–H groups in total. The molecular weight excluding hydrogens is 833 g/mol. The summed E-state index contributed by atoms with van der Waals surface area (Å²) < 4.78 is 17.6. The number of nitriles is 1. The Morgan fingerprint density at radius 2 is 0.809 bits per heavy atom. The van der Waals surface area contributed by atoms with E-state index in [-0.39, 0.29) is 0 Å². The molecule has 10 aromatic carbocycles. The molecule has 0 aliphatic heterocycles. The number of furan rings is 2. The van der Waals surface area contributed by atoms with Crippen molar-refractivity contribution in [1.82, 2.24) is 9.13 Å². The molecule has 0 aliphatic rings. The van der Waals surface area contributed by atoms with Crippen LogP contribution in [0.15, 0.2) is 215 Å². The molecule has 6 nitrogen and oxygen atoms in total. The molecule has 0 unspecified atom stereocenters. The van der Waals surface area contributed by atoms with Crippen LogP contribution in [0.4, 0.5) is 5.69 Å². The van der Waals surface area contributed by atoms with Crippen LogP contribution in [0.1, 0.15) is 5.56 Å². The smallest absolute Gasteiger partial charge is 0.212 e. The largest absolute Gasteiger partial charge is 0.456 e. The van der Waals surface area contributed by atoms with Crippen LogP contribution in [0, 0.1) is 17.9 Å². The molecule has 0 spiro atoms. The van der Waals surface area contributed by atoms with Gasteiger partial charge in [0.15, 0.2) is 0 Å². The van der Waals surface area contributed by atoms with E-state index < -0.39 is 0 Å². The van der Waals surface area contributed by atoms with Gasteiger partial charge in [-0.15, -0.1) is 0 Å². The molecule has 314 valence electrons. The number of rotatable bonds is 5. The maximum Gasteiger partial charge on any atom is 0.212 e. The van der Waals surface area contributed by atoms with Gasteiger partial charge < -0.3 is 18.0 Å².